The number of hydrogen-bond acceptors (Lipinski definition) is 7. The Kier molecular flexibility index (Phi) is 31.3. The van der Waals surface area contributed by atoms with Crippen molar-refractivity contribution >= 4 is 11.9 Å². The van der Waals surface area contributed by atoms with Crippen molar-refractivity contribution in [1.82, 2.24) is 5.32 Å². The van der Waals surface area contributed by atoms with Crippen molar-refractivity contribution in [2.75, 3.05) is 13.2 Å². The highest BCUT2D eigenvalue weighted by Gasteiger charge is 2.37. The summed E-state index contributed by atoms with van der Waals surface area (Å²) >= 11 is 0. The van der Waals surface area contributed by atoms with Crippen LogP contribution in [0.1, 0.15) is 233 Å². The van der Waals surface area contributed by atoms with Crippen molar-refractivity contribution in [3.8, 4) is 0 Å². The van der Waals surface area contributed by atoms with Crippen molar-refractivity contribution in [1.29, 1.82) is 0 Å². The largest absolute Gasteiger partial charge is 0.465 e. The molecule has 1 fully saturated rings. The number of esters is 2. The maximum absolute atomic E-state index is 13.6. The zero-order valence-corrected chi connectivity index (χ0v) is 34.3. The minimum Gasteiger partial charge on any atom is -0.465 e. The molecule has 7 nitrogen and oxygen atoms in total. The lowest BCUT2D eigenvalue weighted by Gasteiger charge is -2.37. The lowest BCUT2D eigenvalue weighted by atomic mass is 9.97. The van der Waals surface area contributed by atoms with Crippen molar-refractivity contribution in [2.45, 2.75) is 257 Å². The third-order valence-electron chi connectivity index (χ3n) is 10.7. The lowest BCUT2D eigenvalue weighted by molar-refractivity contribution is -0.259. The fourth-order valence-corrected chi connectivity index (χ4v) is 7.39. The molecule has 0 radical (unpaired) electrons. The average Bonchev–Trinajstić information content (AvgIpc) is 3.56. The first-order valence-corrected chi connectivity index (χ1v) is 22.4. The van der Waals surface area contributed by atoms with Crippen LogP contribution in [0.15, 0.2) is 0 Å². The number of carbonyl (C=O) groups is 2. The molecule has 2 N–H and O–H groups in total. The molecule has 0 aromatic heterocycles. The van der Waals surface area contributed by atoms with Gasteiger partial charge in [0.2, 0.25) is 5.79 Å². The van der Waals surface area contributed by atoms with Gasteiger partial charge in [-0.3, -0.25) is 9.59 Å². The van der Waals surface area contributed by atoms with Crippen LogP contribution in [0.3, 0.4) is 0 Å². The number of unbranched alkanes of at least 4 members (excludes halogenated alkanes) is 21. The fourth-order valence-electron chi connectivity index (χ4n) is 7.39. The molecule has 1 heterocycles. The molecule has 0 spiro atoms. The quantitative estimate of drug-likeness (QED) is 0.0374. The molecule has 0 aromatic carbocycles. The van der Waals surface area contributed by atoms with Gasteiger partial charge in [-0.1, -0.05) is 169 Å². The first kappa shape index (κ1) is 47.8. The van der Waals surface area contributed by atoms with Crippen LogP contribution < -0.4 is 5.32 Å². The highest BCUT2D eigenvalue weighted by molar-refractivity contribution is 5.76. The standard InChI is InChI=1S/C44H85NO6/c1-5-9-13-17-21-25-31-40(32-26-22-18-14-10-6-2)50-44(34-28-23-19-15-11-7-3,35-29-24-20-16-12-8-4)51-42(47)33-27-30-36-49-43(48)41-37-39(46)38-45-41/h39-41,45-46H,5-38H2,1-4H3/t39-,41+/m1/s1. The Morgan fingerprint density at radius 2 is 1.08 bits per heavy atom. The average molecular weight is 724 g/mol. The van der Waals surface area contributed by atoms with Crippen LogP contribution in [0.4, 0.5) is 0 Å². The van der Waals surface area contributed by atoms with Crippen molar-refractivity contribution in [2.24, 2.45) is 0 Å². The van der Waals surface area contributed by atoms with Crippen LogP contribution in [0.5, 0.6) is 0 Å². The van der Waals surface area contributed by atoms with E-state index < -0.39 is 17.9 Å². The second-order valence-corrected chi connectivity index (χ2v) is 15.7. The van der Waals surface area contributed by atoms with Crippen molar-refractivity contribution in [3.05, 3.63) is 0 Å². The van der Waals surface area contributed by atoms with E-state index in [0.29, 0.717) is 32.2 Å². The SMILES string of the molecule is CCCCCCCCC(CCCCCCCC)OC(CCCCCCCC)(CCCCCCCC)OC(=O)CCCCOC(=O)[C@@H]1C[C@@H](O)CN1. The van der Waals surface area contributed by atoms with Gasteiger partial charge in [0.25, 0.3) is 0 Å². The van der Waals surface area contributed by atoms with Gasteiger partial charge in [-0.05, 0) is 38.5 Å². The Morgan fingerprint density at radius 1 is 0.627 bits per heavy atom. The highest BCUT2D eigenvalue weighted by Crippen LogP contribution is 2.34. The van der Waals surface area contributed by atoms with Crippen molar-refractivity contribution in [3.63, 3.8) is 0 Å². The van der Waals surface area contributed by atoms with E-state index in [4.69, 9.17) is 14.2 Å². The monoisotopic (exact) mass is 724 g/mol. The highest BCUT2D eigenvalue weighted by atomic mass is 16.7. The molecule has 7 heteroatoms. The third kappa shape index (κ3) is 26.3. The van der Waals surface area contributed by atoms with Gasteiger partial charge in [0, 0.05) is 32.2 Å². The van der Waals surface area contributed by atoms with Crippen LogP contribution in [0.2, 0.25) is 0 Å². The maximum Gasteiger partial charge on any atom is 0.323 e. The summed E-state index contributed by atoms with van der Waals surface area (Å²) in [5, 5.41) is 12.7. The van der Waals surface area contributed by atoms with Gasteiger partial charge in [0.1, 0.15) is 6.04 Å². The first-order chi connectivity index (χ1) is 24.9. The topological polar surface area (TPSA) is 94.1 Å². The number of β-amino-alcohol motifs (C(OH)–C–C–N with tert-alkyl or cyclic N) is 1. The van der Waals surface area contributed by atoms with Crippen LogP contribution in [-0.2, 0) is 23.8 Å². The molecular weight excluding hydrogens is 638 g/mol. The summed E-state index contributed by atoms with van der Waals surface area (Å²) in [5.74, 6) is -1.36. The summed E-state index contributed by atoms with van der Waals surface area (Å²) in [6, 6.07) is -0.438. The predicted molar refractivity (Wildman–Crippen MR) is 213 cm³/mol. The van der Waals surface area contributed by atoms with Crippen LogP contribution in [0, 0.1) is 0 Å². The second kappa shape index (κ2) is 33.4. The Balaban J connectivity index is 2.98. The summed E-state index contributed by atoms with van der Waals surface area (Å²) in [7, 11) is 0. The Bertz CT molecular complexity index is 774. The van der Waals surface area contributed by atoms with Gasteiger partial charge < -0.3 is 24.6 Å². The minimum absolute atomic E-state index is 0.123. The Hall–Kier alpha value is -1.18. The van der Waals surface area contributed by atoms with Gasteiger partial charge in [0.15, 0.2) is 0 Å². The summed E-state index contributed by atoms with van der Waals surface area (Å²) < 4.78 is 19.2. The number of ether oxygens (including phenoxy) is 3. The normalized spacial score (nSPS) is 16.3. The van der Waals surface area contributed by atoms with Crippen LogP contribution in [-0.4, -0.2) is 54.2 Å². The zero-order valence-electron chi connectivity index (χ0n) is 34.3. The molecule has 302 valence electrons. The maximum atomic E-state index is 13.6. The molecule has 1 rings (SSSR count). The van der Waals surface area contributed by atoms with Gasteiger partial charge in [0.05, 0.1) is 18.8 Å². The summed E-state index contributed by atoms with van der Waals surface area (Å²) in [5.41, 5.74) is 0. The number of nitrogens with one attached hydrogen (secondary N) is 1. The minimum atomic E-state index is -0.858. The molecule has 0 aliphatic carbocycles. The Morgan fingerprint density at radius 3 is 1.53 bits per heavy atom. The Labute approximate surface area is 315 Å². The molecule has 1 aliphatic heterocycles. The first-order valence-electron chi connectivity index (χ1n) is 22.4. The molecular formula is C44H85NO6. The summed E-state index contributed by atoms with van der Waals surface area (Å²) in [4.78, 5) is 25.9. The number of carbonyl (C=O) groups excluding carboxylic acids is 2. The van der Waals surface area contributed by atoms with E-state index in [1.165, 1.54) is 128 Å². The van der Waals surface area contributed by atoms with Crippen LogP contribution >= 0.6 is 0 Å². The van der Waals surface area contributed by atoms with Crippen LogP contribution in [0.25, 0.3) is 0 Å². The van der Waals surface area contributed by atoms with E-state index in [9.17, 15) is 14.7 Å². The number of aliphatic hydroxyl groups is 1. The predicted octanol–water partition coefficient (Wildman–Crippen LogP) is 12.0. The third-order valence-corrected chi connectivity index (χ3v) is 10.7. The lowest BCUT2D eigenvalue weighted by Crippen LogP contribution is -2.42. The molecule has 1 aliphatic rings. The number of rotatable bonds is 37. The number of aliphatic hydroxyl groups excluding tert-OH is 1. The van der Waals surface area contributed by atoms with Gasteiger partial charge >= 0.3 is 11.9 Å². The zero-order chi connectivity index (χ0) is 37.3. The molecule has 0 aromatic rings. The van der Waals surface area contributed by atoms with E-state index in [2.05, 4.69) is 33.0 Å². The number of hydrogen-bond donors (Lipinski definition) is 2. The van der Waals surface area contributed by atoms with E-state index in [1.807, 2.05) is 0 Å². The summed E-state index contributed by atoms with van der Waals surface area (Å²) in [6.07, 6.45) is 34.8. The molecule has 0 bridgehead atoms. The smallest absolute Gasteiger partial charge is 0.323 e. The van der Waals surface area contributed by atoms with Gasteiger partial charge in [-0.15, -0.1) is 0 Å². The molecule has 51 heavy (non-hydrogen) atoms. The molecule has 0 amide bonds. The molecule has 2 atom stereocenters. The molecule has 0 unspecified atom stereocenters. The second-order valence-electron chi connectivity index (χ2n) is 15.7. The summed E-state index contributed by atoms with van der Waals surface area (Å²) in [6.45, 7) is 9.76. The van der Waals surface area contributed by atoms with E-state index >= 15 is 0 Å². The van der Waals surface area contributed by atoms with E-state index in [1.54, 1.807) is 0 Å². The molecule has 1 saturated heterocycles. The van der Waals surface area contributed by atoms with E-state index in [-0.39, 0.29) is 24.6 Å². The van der Waals surface area contributed by atoms with Gasteiger partial charge in [-0.25, -0.2) is 0 Å². The molecule has 0 saturated carbocycles. The van der Waals surface area contributed by atoms with E-state index in [0.717, 1.165) is 51.4 Å². The van der Waals surface area contributed by atoms with Crippen molar-refractivity contribution < 1.29 is 28.9 Å². The fraction of sp³-hybridized carbons (Fsp3) is 0.955. The van der Waals surface area contributed by atoms with Gasteiger partial charge in [-0.2, -0.15) is 0 Å².